The van der Waals surface area contributed by atoms with E-state index in [9.17, 15) is 14.9 Å². The molecule has 0 aromatic heterocycles. The van der Waals surface area contributed by atoms with Gasteiger partial charge in [0.25, 0.3) is 5.69 Å². The third kappa shape index (κ3) is 3.44. The van der Waals surface area contributed by atoms with Crippen molar-refractivity contribution in [1.29, 1.82) is 0 Å². The number of hydrogen-bond donors (Lipinski definition) is 2. The zero-order valence-corrected chi connectivity index (χ0v) is 10.6. The minimum atomic E-state index is -1.29. The maximum absolute atomic E-state index is 11.1. The van der Waals surface area contributed by atoms with Crippen LogP contribution in [-0.2, 0) is 0 Å². The van der Waals surface area contributed by atoms with Gasteiger partial charge in [0.2, 0.25) is 0 Å². The van der Waals surface area contributed by atoms with Crippen LogP contribution in [0.1, 0.15) is 17.3 Å². The first-order valence-corrected chi connectivity index (χ1v) is 5.37. The summed E-state index contributed by atoms with van der Waals surface area (Å²) in [4.78, 5) is 21.3. The van der Waals surface area contributed by atoms with Gasteiger partial charge in [0.05, 0.1) is 4.92 Å². The summed E-state index contributed by atoms with van der Waals surface area (Å²) in [6.07, 6.45) is 0. The third-order valence-corrected chi connectivity index (χ3v) is 2.27. The van der Waals surface area contributed by atoms with Crippen LogP contribution >= 0.6 is 0 Å². The number of carbonyl (C=O) groups is 1. The molecule has 0 spiro atoms. The van der Waals surface area contributed by atoms with Crippen LogP contribution < -0.4 is 10.1 Å². The number of nitro benzene ring substituents is 1. The molecule has 0 bridgehead atoms. The number of carboxylic acids is 1. The van der Waals surface area contributed by atoms with Gasteiger partial charge in [-0.1, -0.05) is 6.58 Å². The highest BCUT2D eigenvalue weighted by Crippen LogP contribution is 2.32. The van der Waals surface area contributed by atoms with Gasteiger partial charge in [-0.15, -0.1) is 0 Å². The van der Waals surface area contributed by atoms with Crippen molar-refractivity contribution in [2.45, 2.75) is 6.92 Å². The summed E-state index contributed by atoms with van der Waals surface area (Å²) in [6, 6.07) is 2.27. The van der Waals surface area contributed by atoms with Crippen molar-refractivity contribution >= 4 is 17.3 Å². The molecule has 1 aromatic carbocycles. The molecule has 2 N–H and O–H groups in total. The molecule has 102 valence electrons. The summed E-state index contributed by atoms with van der Waals surface area (Å²) >= 11 is 0. The summed E-state index contributed by atoms with van der Waals surface area (Å²) in [5.74, 6) is -1.23. The predicted octanol–water partition coefficient (Wildman–Crippen LogP) is 2.29. The highest BCUT2D eigenvalue weighted by atomic mass is 16.6. The van der Waals surface area contributed by atoms with Crippen LogP contribution in [0.3, 0.4) is 0 Å². The van der Waals surface area contributed by atoms with Crippen LogP contribution in [0.5, 0.6) is 5.75 Å². The Labute approximate surface area is 109 Å². The second-order valence-electron chi connectivity index (χ2n) is 3.92. The maximum atomic E-state index is 11.1. The van der Waals surface area contributed by atoms with Crippen molar-refractivity contribution in [3.05, 3.63) is 40.0 Å². The first-order valence-electron chi connectivity index (χ1n) is 5.37. The molecule has 19 heavy (non-hydrogen) atoms. The molecule has 0 fully saturated rings. The van der Waals surface area contributed by atoms with Crippen LogP contribution in [0.4, 0.5) is 11.4 Å². The Bertz CT molecular complexity index is 539. The van der Waals surface area contributed by atoms with Gasteiger partial charge in [-0.05, 0) is 12.5 Å². The molecule has 0 unspecified atom stereocenters. The highest BCUT2D eigenvalue weighted by Gasteiger charge is 2.22. The summed E-state index contributed by atoms with van der Waals surface area (Å²) in [7, 11) is 1.51. The molecule has 0 aliphatic carbocycles. The number of nitro groups is 1. The van der Waals surface area contributed by atoms with Crippen molar-refractivity contribution in [3.8, 4) is 5.75 Å². The van der Waals surface area contributed by atoms with Crippen molar-refractivity contribution < 1.29 is 19.6 Å². The second-order valence-corrected chi connectivity index (χ2v) is 3.92. The fourth-order valence-corrected chi connectivity index (χ4v) is 1.41. The van der Waals surface area contributed by atoms with Crippen LogP contribution in [-0.4, -0.2) is 29.7 Å². The molecular weight excluding hydrogens is 252 g/mol. The lowest BCUT2D eigenvalue weighted by Crippen LogP contribution is -2.07. The van der Waals surface area contributed by atoms with Gasteiger partial charge in [-0.25, -0.2) is 4.79 Å². The molecule has 0 heterocycles. The van der Waals surface area contributed by atoms with E-state index in [0.717, 1.165) is 6.07 Å². The van der Waals surface area contributed by atoms with E-state index in [1.807, 2.05) is 0 Å². The molecule has 0 amide bonds. The number of rotatable bonds is 6. The largest absolute Gasteiger partial charge is 0.488 e. The molecule has 1 aromatic rings. The van der Waals surface area contributed by atoms with Crippen LogP contribution in [0, 0.1) is 10.1 Å². The lowest BCUT2D eigenvalue weighted by atomic mass is 10.1. The average molecular weight is 266 g/mol. The zero-order valence-electron chi connectivity index (χ0n) is 10.6. The first-order chi connectivity index (χ1) is 8.86. The Morgan fingerprint density at radius 1 is 1.58 bits per heavy atom. The number of anilines is 1. The lowest BCUT2D eigenvalue weighted by Gasteiger charge is -2.11. The van der Waals surface area contributed by atoms with E-state index in [0.29, 0.717) is 5.57 Å². The van der Waals surface area contributed by atoms with E-state index < -0.39 is 10.9 Å². The van der Waals surface area contributed by atoms with Gasteiger partial charge in [0.15, 0.2) is 0 Å². The molecule has 0 radical (unpaired) electrons. The van der Waals surface area contributed by atoms with E-state index in [1.54, 1.807) is 6.92 Å². The van der Waals surface area contributed by atoms with Gasteiger partial charge in [0, 0.05) is 19.2 Å². The summed E-state index contributed by atoms with van der Waals surface area (Å²) in [5, 5.41) is 22.5. The number of carboxylic acid groups (broad SMARTS) is 1. The second kappa shape index (κ2) is 5.85. The van der Waals surface area contributed by atoms with E-state index in [-0.39, 0.29) is 29.3 Å². The number of benzene rings is 1. The number of ether oxygens (including phenoxy) is 1. The Kier molecular flexibility index (Phi) is 4.46. The van der Waals surface area contributed by atoms with Crippen LogP contribution in [0.2, 0.25) is 0 Å². The molecule has 0 saturated heterocycles. The van der Waals surface area contributed by atoms with Gasteiger partial charge in [-0.3, -0.25) is 10.1 Å². The lowest BCUT2D eigenvalue weighted by molar-refractivity contribution is -0.384. The number of hydrogen-bond acceptors (Lipinski definition) is 5. The van der Waals surface area contributed by atoms with E-state index >= 15 is 0 Å². The summed E-state index contributed by atoms with van der Waals surface area (Å²) < 4.78 is 5.29. The van der Waals surface area contributed by atoms with Gasteiger partial charge < -0.3 is 15.2 Å². The molecule has 0 aliphatic rings. The Hall–Kier alpha value is -2.57. The minimum Gasteiger partial charge on any atom is -0.488 e. The zero-order chi connectivity index (χ0) is 14.6. The topological polar surface area (TPSA) is 102 Å². The molecule has 0 atom stereocenters. The Morgan fingerprint density at radius 2 is 2.21 bits per heavy atom. The standard InChI is InChI=1S/C12H14N2O5/c1-7(2)6-19-11-5-9(13-3)10(14(17)18)4-8(11)12(15)16/h4-5,13H,1,6H2,2-3H3,(H,15,16). The maximum Gasteiger partial charge on any atom is 0.339 e. The van der Waals surface area contributed by atoms with Crippen molar-refractivity contribution in [2.24, 2.45) is 0 Å². The SMILES string of the molecule is C=C(C)COc1cc(NC)c([N+](=O)[O-])cc1C(=O)O. The van der Waals surface area contributed by atoms with E-state index in [1.165, 1.54) is 13.1 Å². The van der Waals surface area contributed by atoms with E-state index in [4.69, 9.17) is 9.84 Å². The summed E-state index contributed by atoms with van der Waals surface area (Å²) in [6.45, 7) is 5.50. The predicted molar refractivity (Wildman–Crippen MR) is 69.9 cm³/mol. The smallest absolute Gasteiger partial charge is 0.339 e. The molecule has 0 aliphatic heterocycles. The molecule has 1 rings (SSSR count). The molecule has 7 heteroatoms. The Balaban J connectivity index is 3.31. The molecule has 0 saturated carbocycles. The van der Waals surface area contributed by atoms with Gasteiger partial charge in [0.1, 0.15) is 23.6 Å². The average Bonchev–Trinajstić information content (AvgIpc) is 2.34. The fraction of sp³-hybridized carbons (Fsp3) is 0.250. The summed E-state index contributed by atoms with van der Waals surface area (Å²) in [5.41, 5.74) is 0.321. The van der Waals surface area contributed by atoms with Crippen molar-refractivity contribution in [2.75, 3.05) is 19.0 Å². The number of nitrogens with one attached hydrogen (secondary N) is 1. The minimum absolute atomic E-state index is 0.0606. The first kappa shape index (κ1) is 14.5. The molecule has 7 nitrogen and oxygen atoms in total. The van der Waals surface area contributed by atoms with Gasteiger partial charge >= 0.3 is 5.97 Å². The number of nitrogens with zero attached hydrogens (tertiary/aromatic N) is 1. The third-order valence-electron chi connectivity index (χ3n) is 2.27. The quantitative estimate of drug-likeness (QED) is 0.465. The van der Waals surface area contributed by atoms with Crippen molar-refractivity contribution in [1.82, 2.24) is 0 Å². The van der Waals surface area contributed by atoms with E-state index in [2.05, 4.69) is 11.9 Å². The fourth-order valence-electron chi connectivity index (χ4n) is 1.41. The molecular formula is C12H14N2O5. The van der Waals surface area contributed by atoms with Gasteiger partial charge in [-0.2, -0.15) is 0 Å². The highest BCUT2D eigenvalue weighted by molar-refractivity contribution is 5.93. The van der Waals surface area contributed by atoms with Crippen LogP contribution in [0.15, 0.2) is 24.3 Å². The number of aromatic carboxylic acids is 1. The Morgan fingerprint density at radius 3 is 2.63 bits per heavy atom. The monoisotopic (exact) mass is 266 g/mol. The normalized spacial score (nSPS) is 9.79. The van der Waals surface area contributed by atoms with Crippen molar-refractivity contribution in [3.63, 3.8) is 0 Å². The van der Waals surface area contributed by atoms with Crippen LogP contribution in [0.25, 0.3) is 0 Å².